The predicted molar refractivity (Wildman–Crippen MR) is 89.3 cm³/mol. The van der Waals surface area contributed by atoms with Crippen molar-refractivity contribution >= 4 is 33.3 Å². The summed E-state index contributed by atoms with van der Waals surface area (Å²) in [5.74, 6) is 0.404. The number of hydrogen-bond donors (Lipinski definition) is 0. The largest absolute Gasteiger partial charge is 0.312 e. The van der Waals surface area contributed by atoms with Crippen LogP contribution in [-0.2, 0) is 11.2 Å². The van der Waals surface area contributed by atoms with Crippen molar-refractivity contribution in [2.24, 2.45) is 5.92 Å². The number of carbonyl (C=O) groups excluding carboxylic acids is 2. The average molecular weight is 352 g/mol. The smallest absolute Gasteiger partial charge is 0.230 e. The van der Waals surface area contributed by atoms with Crippen molar-refractivity contribution in [2.45, 2.75) is 39.5 Å². The molecule has 0 radical (unpaired) electrons. The zero-order valence-electron chi connectivity index (χ0n) is 12.7. The third kappa shape index (κ3) is 3.37. The topological polar surface area (TPSA) is 37.4 Å². The molecule has 0 saturated carbocycles. The fourth-order valence-corrected chi connectivity index (χ4v) is 3.26. The van der Waals surface area contributed by atoms with Gasteiger partial charge in [0.15, 0.2) is 5.78 Å². The van der Waals surface area contributed by atoms with Gasteiger partial charge in [0.1, 0.15) is 0 Å². The Morgan fingerprint density at radius 3 is 2.62 bits per heavy atom. The van der Waals surface area contributed by atoms with Gasteiger partial charge in [0.05, 0.1) is 5.33 Å². The summed E-state index contributed by atoms with van der Waals surface area (Å²) in [5.41, 5.74) is 2.83. The van der Waals surface area contributed by atoms with Crippen molar-refractivity contribution in [1.29, 1.82) is 0 Å². The van der Waals surface area contributed by atoms with E-state index in [4.69, 9.17) is 0 Å². The van der Waals surface area contributed by atoms with Crippen LogP contribution in [-0.4, -0.2) is 23.6 Å². The minimum absolute atomic E-state index is 0.0845. The van der Waals surface area contributed by atoms with Crippen LogP contribution in [0.1, 0.15) is 49.0 Å². The van der Waals surface area contributed by atoms with Crippen LogP contribution in [0.25, 0.3) is 0 Å². The zero-order valence-corrected chi connectivity index (χ0v) is 14.3. The average Bonchev–Trinajstić information content (AvgIpc) is 2.53. The number of aryl methyl sites for hydroxylation is 1. The van der Waals surface area contributed by atoms with Crippen LogP contribution < -0.4 is 4.90 Å². The van der Waals surface area contributed by atoms with Gasteiger partial charge in [-0.05, 0) is 49.4 Å². The van der Waals surface area contributed by atoms with Crippen molar-refractivity contribution in [2.75, 3.05) is 16.8 Å². The number of rotatable bonds is 5. The molecule has 0 aromatic heterocycles. The summed E-state index contributed by atoms with van der Waals surface area (Å²) in [4.78, 5) is 26.4. The molecule has 2 rings (SSSR count). The van der Waals surface area contributed by atoms with Crippen molar-refractivity contribution in [1.82, 2.24) is 0 Å². The lowest BCUT2D eigenvalue weighted by Crippen LogP contribution is -2.39. The maximum Gasteiger partial charge on any atom is 0.230 e. The van der Waals surface area contributed by atoms with Crippen molar-refractivity contribution in [3.8, 4) is 0 Å². The molecular formula is C17H22BrNO2. The minimum atomic E-state index is 0.0845. The van der Waals surface area contributed by atoms with Gasteiger partial charge in [0.25, 0.3) is 0 Å². The molecular weight excluding hydrogens is 330 g/mol. The molecule has 21 heavy (non-hydrogen) atoms. The molecule has 114 valence electrons. The van der Waals surface area contributed by atoms with Crippen LogP contribution in [0.5, 0.6) is 0 Å². The molecule has 3 nitrogen and oxygen atoms in total. The van der Waals surface area contributed by atoms with Crippen LogP contribution in [0.4, 0.5) is 5.69 Å². The molecule has 1 aliphatic heterocycles. The van der Waals surface area contributed by atoms with E-state index in [-0.39, 0.29) is 17.6 Å². The second-order valence-electron chi connectivity index (χ2n) is 5.51. The predicted octanol–water partition coefficient (Wildman–Crippen LogP) is 3.98. The van der Waals surface area contributed by atoms with E-state index in [0.717, 1.165) is 49.0 Å². The van der Waals surface area contributed by atoms with E-state index in [9.17, 15) is 9.59 Å². The van der Waals surface area contributed by atoms with Gasteiger partial charge in [-0.2, -0.15) is 0 Å². The highest BCUT2D eigenvalue weighted by Gasteiger charge is 2.27. The zero-order chi connectivity index (χ0) is 15.4. The second-order valence-corrected chi connectivity index (χ2v) is 6.07. The molecule has 0 spiro atoms. The molecule has 1 aliphatic rings. The first-order valence-corrected chi connectivity index (χ1v) is 8.77. The molecule has 1 amide bonds. The summed E-state index contributed by atoms with van der Waals surface area (Å²) >= 11 is 3.21. The van der Waals surface area contributed by atoms with Gasteiger partial charge < -0.3 is 4.90 Å². The summed E-state index contributed by atoms with van der Waals surface area (Å²) < 4.78 is 0. The number of nitrogens with zero attached hydrogens (tertiary/aromatic N) is 1. The molecule has 0 aliphatic carbocycles. The maximum absolute atomic E-state index is 12.6. The number of hydrogen-bond acceptors (Lipinski definition) is 2. The summed E-state index contributed by atoms with van der Waals surface area (Å²) in [7, 11) is 0. The third-order valence-corrected chi connectivity index (χ3v) is 4.75. The number of amides is 1. The number of halogens is 1. The third-order valence-electron chi connectivity index (χ3n) is 4.24. The standard InChI is InChI=1S/C17H22BrNO2/c1-3-12(4-2)17(21)19-9-5-6-13-10-14(16(20)11-18)7-8-15(13)19/h7-8,10,12H,3-6,9,11H2,1-2H3. The Kier molecular flexibility index (Phi) is 5.57. The lowest BCUT2D eigenvalue weighted by molar-refractivity contribution is -0.122. The lowest BCUT2D eigenvalue weighted by Gasteiger charge is -2.32. The van der Waals surface area contributed by atoms with Crippen LogP contribution in [0, 0.1) is 5.92 Å². The number of anilines is 1. The molecule has 1 aromatic carbocycles. The summed E-state index contributed by atoms with van der Waals surface area (Å²) in [6.07, 6.45) is 3.65. The van der Waals surface area contributed by atoms with E-state index >= 15 is 0 Å². The van der Waals surface area contributed by atoms with E-state index in [1.165, 1.54) is 0 Å². The molecule has 0 N–H and O–H groups in total. The minimum Gasteiger partial charge on any atom is -0.312 e. The highest BCUT2D eigenvalue weighted by Crippen LogP contribution is 2.30. The fourth-order valence-electron chi connectivity index (χ4n) is 2.93. The number of carbonyl (C=O) groups is 2. The molecule has 0 saturated heterocycles. The van der Waals surface area contributed by atoms with Gasteiger partial charge in [0.2, 0.25) is 5.91 Å². The molecule has 0 bridgehead atoms. The Morgan fingerprint density at radius 2 is 2.00 bits per heavy atom. The summed E-state index contributed by atoms with van der Waals surface area (Å²) in [6, 6.07) is 5.72. The first-order chi connectivity index (χ1) is 10.1. The Balaban J connectivity index is 2.31. The Labute approximate surface area is 134 Å². The van der Waals surface area contributed by atoms with Crippen LogP contribution in [0.15, 0.2) is 18.2 Å². The van der Waals surface area contributed by atoms with E-state index < -0.39 is 0 Å². The van der Waals surface area contributed by atoms with E-state index in [1.807, 2.05) is 23.1 Å². The summed E-state index contributed by atoms with van der Waals surface area (Å²) in [6.45, 7) is 4.91. The maximum atomic E-state index is 12.6. The van der Waals surface area contributed by atoms with Gasteiger partial charge in [-0.1, -0.05) is 29.8 Å². The first-order valence-electron chi connectivity index (χ1n) is 7.65. The molecule has 0 unspecified atom stereocenters. The molecule has 0 fully saturated rings. The van der Waals surface area contributed by atoms with Gasteiger partial charge in [-0.15, -0.1) is 0 Å². The molecule has 1 aromatic rings. The molecule has 1 heterocycles. The lowest BCUT2D eigenvalue weighted by atomic mass is 9.95. The fraction of sp³-hybridized carbons (Fsp3) is 0.529. The van der Waals surface area contributed by atoms with E-state index in [0.29, 0.717) is 5.33 Å². The second kappa shape index (κ2) is 7.21. The highest BCUT2D eigenvalue weighted by atomic mass is 79.9. The van der Waals surface area contributed by atoms with Gasteiger partial charge in [-0.25, -0.2) is 0 Å². The Morgan fingerprint density at radius 1 is 1.29 bits per heavy atom. The summed E-state index contributed by atoms with van der Waals surface area (Å²) in [5, 5.41) is 0.335. The Bertz CT molecular complexity index is 538. The van der Waals surface area contributed by atoms with Gasteiger partial charge in [-0.3, -0.25) is 9.59 Å². The van der Waals surface area contributed by atoms with Crippen molar-refractivity contribution in [3.63, 3.8) is 0 Å². The van der Waals surface area contributed by atoms with Crippen molar-refractivity contribution < 1.29 is 9.59 Å². The number of fused-ring (bicyclic) bond motifs is 1. The van der Waals surface area contributed by atoms with Gasteiger partial charge >= 0.3 is 0 Å². The normalized spacial score (nSPS) is 14.2. The number of alkyl halides is 1. The first kappa shape index (κ1) is 16.2. The monoisotopic (exact) mass is 351 g/mol. The van der Waals surface area contributed by atoms with Crippen LogP contribution >= 0.6 is 15.9 Å². The number of Topliss-reactive ketones (excluding diaryl/α,β-unsaturated/α-hetero) is 1. The SMILES string of the molecule is CCC(CC)C(=O)N1CCCc2cc(C(=O)CBr)ccc21. The van der Waals surface area contributed by atoms with Crippen LogP contribution in [0.2, 0.25) is 0 Å². The highest BCUT2D eigenvalue weighted by molar-refractivity contribution is 9.09. The Hall–Kier alpha value is -1.16. The number of benzene rings is 1. The van der Waals surface area contributed by atoms with E-state index in [1.54, 1.807) is 0 Å². The quantitative estimate of drug-likeness (QED) is 0.594. The molecule has 4 heteroatoms. The van der Waals surface area contributed by atoms with Gasteiger partial charge in [0, 0.05) is 23.7 Å². The van der Waals surface area contributed by atoms with E-state index in [2.05, 4.69) is 29.8 Å². The van der Waals surface area contributed by atoms with Crippen LogP contribution in [0.3, 0.4) is 0 Å². The molecule has 0 atom stereocenters. The number of ketones is 1. The van der Waals surface area contributed by atoms with Crippen molar-refractivity contribution in [3.05, 3.63) is 29.3 Å².